The third kappa shape index (κ3) is 6.49. The van der Waals surface area contributed by atoms with Crippen molar-refractivity contribution in [2.45, 2.75) is 18.4 Å². The van der Waals surface area contributed by atoms with Crippen LogP contribution in [-0.2, 0) is 21.4 Å². The molecule has 3 aromatic rings. The van der Waals surface area contributed by atoms with Crippen molar-refractivity contribution in [1.82, 2.24) is 4.90 Å². The second-order valence-corrected chi connectivity index (χ2v) is 9.91. The average Bonchev–Trinajstić information content (AvgIpc) is 2.86. The molecule has 0 aromatic heterocycles. The fourth-order valence-electron chi connectivity index (χ4n) is 3.53. The van der Waals surface area contributed by atoms with Crippen LogP contribution in [0.25, 0.3) is 6.08 Å². The number of carbonyl (C=O) groups excluding carboxylic acids is 1. The highest BCUT2D eigenvalue weighted by molar-refractivity contribution is 7.92. The van der Waals surface area contributed by atoms with Gasteiger partial charge in [-0.1, -0.05) is 48.0 Å². The number of aryl methyl sites for hydroxylation is 1. The lowest BCUT2D eigenvalue weighted by Gasteiger charge is -2.27. The normalized spacial score (nSPS) is 11.4. The quantitative estimate of drug-likeness (QED) is 0.433. The molecule has 0 atom stereocenters. The lowest BCUT2D eigenvalue weighted by atomic mass is 10.1. The van der Waals surface area contributed by atoms with Gasteiger partial charge in [0.15, 0.2) is 0 Å². The number of carbonyl (C=O) groups is 1. The third-order valence-corrected chi connectivity index (χ3v) is 7.32. The van der Waals surface area contributed by atoms with Gasteiger partial charge in [0.25, 0.3) is 10.0 Å². The number of aliphatic hydroxyl groups excluding tert-OH is 1. The van der Waals surface area contributed by atoms with Gasteiger partial charge in [-0.2, -0.15) is 0 Å². The van der Waals surface area contributed by atoms with Crippen LogP contribution in [0.1, 0.15) is 16.7 Å². The zero-order valence-corrected chi connectivity index (χ0v) is 20.9. The molecule has 0 bridgehead atoms. The van der Waals surface area contributed by atoms with Gasteiger partial charge in [-0.05, 0) is 54.5 Å². The van der Waals surface area contributed by atoms with Crippen LogP contribution in [0.4, 0.5) is 5.69 Å². The lowest BCUT2D eigenvalue weighted by molar-refractivity contribution is -0.125. The number of para-hydroxylation sites is 1. The van der Waals surface area contributed by atoms with Crippen LogP contribution in [0.15, 0.2) is 83.8 Å². The number of hydrogen-bond donors (Lipinski definition) is 1. The van der Waals surface area contributed by atoms with Gasteiger partial charge in [0.2, 0.25) is 5.91 Å². The largest absolute Gasteiger partial charge is 0.497 e. The zero-order valence-electron chi connectivity index (χ0n) is 20.1. The number of likely N-dealkylation sites (N-methyl/N-ethyl adjacent to an activating group) is 1. The molecule has 0 saturated carbocycles. The molecule has 7 nitrogen and oxygen atoms in total. The molecule has 0 unspecified atom stereocenters. The van der Waals surface area contributed by atoms with E-state index < -0.39 is 10.0 Å². The Morgan fingerprint density at radius 2 is 1.66 bits per heavy atom. The minimum absolute atomic E-state index is 0.109. The standard InChI is InChI=1S/C27H30N2O5S/c1-21-8-15-25(16-9-21)35(32,33)29(18-19-30)26-7-5-4-6-23(26)20-28(2)27(31)17-12-22-10-13-24(34-3)14-11-22/h4-17,30H,18-20H2,1-3H3/b17-12+. The van der Waals surface area contributed by atoms with Crippen molar-refractivity contribution < 1.29 is 23.1 Å². The van der Waals surface area contributed by atoms with Crippen LogP contribution >= 0.6 is 0 Å². The molecule has 0 spiro atoms. The van der Waals surface area contributed by atoms with Gasteiger partial charge in [0.05, 0.1) is 30.8 Å². The first kappa shape index (κ1) is 26.0. The van der Waals surface area contributed by atoms with Crippen molar-refractivity contribution in [1.29, 1.82) is 0 Å². The molecule has 35 heavy (non-hydrogen) atoms. The molecule has 1 amide bonds. The lowest BCUT2D eigenvalue weighted by Crippen LogP contribution is -2.35. The summed E-state index contributed by atoms with van der Waals surface area (Å²) < 4.78 is 33.2. The Morgan fingerprint density at radius 1 is 1.00 bits per heavy atom. The number of methoxy groups -OCH3 is 1. The molecule has 1 N–H and O–H groups in total. The highest BCUT2D eigenvalue weighted by Gasteiger charge is 2.26. The molecule has 0 fully saturated rings. The van der Waals surface area contributed by atoms with Crippen molar-refractivity contribution >= 4 is 27.7 Å². The summed E-state index contributed by atoms with van der Waals surface area (Å²) in [6, 6.07) is 20.9. The van der Waals surface area contributed by atoms with E-state index in [2.05, 4.69) is 0 Å². The summed E-state index contributed by atoms with van der Waals surface area (Å²) in [6.45, 7) is 1.61. The Balaban J connectivity index is 1.84. The van der Waals surface area contributed by atoms with E-state index >= 15 is 0 Å². The highest BCUT2D eigenvalue weighted by Crippen LogP contribution is 2.28. The molecule has 184 valence electrons. The molecule has 0 aliphatic carbocycles. The van der Waals surface area contributed by atoms with E-state index in [0.717, 1.165) is 16.9 Å². The molecule has 0 aliphatic heterocycles. The smallest absolute Gasteiger partial charge is 0.264 e. The first-order chi connectivity index (χ1) is 16.8. The fourth-order valence-corrected chi connectivity index (χ4v) is 5.02. The summed E-state index contributed by atoms with van der Waals surface area (Å²) in [5, 5.41) is 9.64. The molecule has 0 saturated heterocycles. The van der Waals surface area contributed by atoms with Crippen LogP contribution in [-0.4, -0.2) is 51.6 Å². The SMILES string of the molecule is COc1ccc(/C=C/C(=O)N(C)Cc2ccccc2N(CCO)S(=O)(=O)c2ccc(C)cc2)cc1. The second-order valence-electron chi connectivity index (χ2n) is 8.04. The van der Waals surface area contributed by atoms with Crippen molar-refractivity contribution in [2.75, 3.05) is 31.6 Å². The molecule has 0 heterocycles. The van der Waals surface area contributed by atoms with Crippen molar-refractivity contribution in [3.05, 3.63) is 95.6 Å². The maximum atomic E-state index is 13.4. The number of hydrogen-bond acceptors (Lipinski definition) is 5. The monoisotopic (exact) mass is 494 g/mol. The van der Waals surface area contributed by atoms with Gasteiger partial charge in [0, 0.05) is 19.7 Å². The Bertz CT molecular complexity index is 1270. The predicted molar refractivity (Wildman–Crippen MR) is 138 cm³/mol. The maximum Gasteiger partial charge on any atom is 0.264 e. The van der Waals surface area contributed by atoms with Gasteiger partial charge in [-0.25, -0.2) is 8.42 Å². The number of amides is 1. The molecular formula is C27H30N2O5S. The number of benzene rings is 3. The minimum atomic E-state index is -3.92. The summed E-state index contributed by atoms with van der Waals surface area (Å²) in [5.74, 6) is 0.501. The van der Waals surface area contributed by atoms with Crippen LogP contribution < -0.4 is 9.04 Å². The Kier molecular flexibility index (Phi) is 8.68. The summed E-state index contributed by atoms with van der Waals surface area (Å²) in [5.41, 5.74) is 2.86. The Morgan fingerprint density at radius 3 is 2.29 bits per heavy atom. The summed E-state index contributed by atoms with van der Waals surface area (Å²) >= 11 is 0. The third-order valence-electron chi connectivity index (χ3n) is 5.49. The maximum absolute atomic E-state index is 13.4. The van der Waals surface area contributed by atoms with Gasteiger partial charge in [-0.15, -0.1) is 0 Å². The van der Waals surface area contributed by atoms with Crippen LogP contribution in [0.2, 0.25) is 0 Å². The van der Waals surface area contributed by atoms with Crippen LogP contribution in [0.5, 0.6) is 5.75 Å². The highest BCUT2D eigenvalue weighted by atomic mass is 32.2. The van der Waals surface area contributed by atoms with E-state index in [-0.39, 0.29) is 30.5 Å². The topological polar surface area (TPSA) is 87.2 Å². The number of aliphatic hydroxyl groups is 1. The van der Waals surface area contributed by atoms with Gasteiger partial charge < -0.3 is 14.7 Å². The summed E-state index contributed by atoms with van der Waals surface area (Å²) in [4.78, 5) is 14.4. The Labute approximate surface area is 206 Å². The average molecular weight is 495 g/mol. The van der Waals surface area contributed by atoms with Gasteiger partial charge >= 0.3 is 0 Å². The molecule has 0 radical (unpaired) electrons. The van der Waals surface area contributed by atoms with Crippen molar-refractivity contribution in [2.24, 2.45) is 0 Å². The molecule has 3 rings (SSSR count). The van der Waals surface area contributed by atoms with E-state index in [4.69, 9.17) is 4.74 Å². The second kappa shape index (κ2) is 11.7. The van der Waals surface area contributed by atoms with Crippen LogP contribution in [0, 0.1) is 6.92 Å². The molecular weight excluding hydrogens is 464 g/mol. The molecule has 0 aliphatic rings. The Hall–Kier alpha value is -3.62. The van der Waals surface area contributed by atoms with E-state index in [9.17, 15) is 18.3 Å². The molecule has 8 heteroatoms. The van der Waals surface area contributed by atoms with Gasteiger partial charge in [0.1, 0.15) is 5.75 Å². The number of rotatable bonds is 10. The number of ether oxygens (including phenoxy) is 1. The zero-order chi connectivity index (χ0) is 25.4. The van der Waals surface area contributed by atoms with E-state index in [1.165, 1.54) is 15.3 Å². The van der Waals surface area contributed by atoms with E-state index in [1.54, 1.807) is 68.8 Å². The molecule has 3 aromatic carbocycles. The van der Waals surface area contributed by atoms with E-state index in [0.29, 0.717) is 11.3 Å². The number of sulfonamides is 1. The van der Waals surface area contributed by atoms with Crippen molar-refractivity contribution in [3.63, 3.8) is 0 Å². The van der Waals surface area contributed by atoms with Gasteiger partial charge in [-0.3, -0.25) is 9.10 Å². The van der Waals surface area contributed by atoms with E-state index in [1.807, 2.05) is 31.2 Å². The minimum Gasteiger partial charge on any atom is -0.497 e. The predicted octanol–water partition coefficient (Wildman–Crippen LogP) is 3.86. The fraction of sp³-hybridized carbons (Fsp3) is 0.222. The summed E-state index contributed by atoms with van der Waals surface area (Å²) in [6.07, 6.45) is 3.18. The summed E-state index contributed by atoms with van der Waals surface area (Å²) in [7, 11) is -0.671. The number of nitrogens with zero attached hydrogens (tertiary/aromatic N) is 2. The van der Waals surface area contributed by atoms with Crippen molar-refractivity contribution in [3.8, 4) is 5.75 Å². The first-order valence-corrected chi connectivity index (χ1v) is 12.6. The first-order valence-electron chi connectivity index (χ1n) is 11.1. The number of anilines is 1. The van der Waals surface area contributed by atoms with Crippen LogP contribution in [0.3, 0.4) is 0 Å².